The quantitative estimate of drug-likeness (QED) is 0.900. The third-order valence-corrected chi connectivity index (χ3v) is 5.15. The van der Waals surface area contributed by atoms with Gasteiger partial charge in [0.25, 0.3) is 0 Å². The molecule has 116 valence electrons. The Balaban J connectivity index is 1.31. The van der Waals surface area contributed by atoms with E-state index in [4.69, 9.17) is 4.42 Å². The van der Waals surface area contributed by atoms with Crippen molar-refractivity contribution in [3.05, 3.63) is 23.7 Å². The van der Waals surface area contributed by atoms with Crippen molar-refractivity contribution in [1.82, 2.24) is 15.1 Å². The van der Waals surface area contributed by atoms with Gasteiger partial charge in [-0.15, -0.1) is 0 Å². The highest BCUT2D eigenvalue weighted by Crippen LogP contribution is 2.23. The Morgan fingerprint density at radius 2 is 2.05 bits per heavy atom. The van der Waals surface area contributed by atoms with E-state index in [1.54, 1.807) is 0 Å². The second-order valence-electron chi connectivity index (χ2n) is 7.00. The van der Waals surface area contributed by atoms with Gasteiger partial charge in [0, 0.05) is 30.7 Å². The Kier molecular flexibility index (Phi) is 4.01. The molecule has 0 radical (unpaired) electrons. The van der Waals surface area contributed by atoms with Crippen molar-refractivity contribution in [2.75, 3.05) is 26.2 Å². The Morgan fingerprint density at radius 3 is 2.95 bits per heavy atom. The van der Waals surface area contributed by atoms with Gasteiger partial charge in [0.05, 0.1) is 12.8 Å². The molecule has 1 saturated carbocycles. The minimum Gasteiger partial charge on any atom is -0.468 e. The predicted molar refractivity (Wildman–Crippen MR) is 83.1 cm³/mol. The number of fused-ring (bicyclic) bond motifs is 1. The van der Waals surface area contributed by atoms with Gasteiger partial charge in [0.15, 0.2) is 0 Å². The maximum atomic E-state index is 5.78. The predicted octanol–water partition coefficient (Wildman–Crippen LogP) is 2.20. The maximum absolute atomic E-state index is 5.78. The molecule has 4 heteroatoms. The summed E-state index contributed by atoms with van der Waals surface area (Å²) in [5.74, 6) is 1.13. The van der Waals surface area contributed by atoms with Crippen LogP contribution in [-0.4, -0.2) is 48.1 Å². The summed E-state index contributed by atoms with van der Waals surface area (Å²) in [5.41, 5.74) is 1.30. The Labute approximate surface area is 127 Å². The van der Waals surface area contributed by atoms with Crippen LogP contribution in [0.25, 0.3) is 0 Å². The lowest BCUT2D eigenvalue weighted by Gasteiger charge is -2.24. The fourth-order valence-electron chi connectivity index (χ4n) is 3.80. The Bertz CT molecular complexity index is 468. The topological polar surface area (TPSA) is 31.7 Å². The molecule has 3 aliphatic rings. The molecule has 21 heavy (non-hydrogen) atoms. The molecule has 2 aliphatic heterocycles. The molecule has 0 bridgehead atoms. The van der Waals surface area contributed by atoms with E-state index in [2.05, 4.69) is 21.2 Å². The molecule has 1 unspecified atom stereocenters. The van der Waals surface area contributed by atoms with Crippen molar-refractivity contribution in [3.8, 4) is 0 Å². The molecule has 0 spiro atoms. The van der Waals surface area contributed by atoms with Crippen molar-refractivity contribution in [2.45, 2.75) is 57.3 Å². The van der Waals surface area contributed by atoms with Gasteiger partial charge >= 0.3 is 0 Å². The van der Waals surface area contributed by atoms with Gasteiger partial charge in [-0.1, -0.05) is 0 Å². The van der Waals surface area contributed by atoms with E-state index < -0.39 is 0 Å². The van der Waals surface area contributed by atoms with Gasteiger partial charge < -0.3 is 9.73 Å². The van der Waals surface area contributed by atoms with Crippen LogP contribution in [0.15, 0.2) is 16.7 Å². The molecule has 0 amide bonds. The number of nitrogens with zero attached hydrogens (tertiary/aromatic N) is 2. The van der Waals surface area contributed by atoms with Crippen LogP contribution in [0.5, 0.6) is 0 Å². The molecule has 1 N–H and O–H groups in total. The van der Waals surface area contributed by atoms with Gasteiger partial charge in [0.1, 0.15) is 5.76 Å². The summed E-state index contributed by atoms with van der Waals surface area (Å²) in [7, 11) is 0. The van der Waals surface area contributed by atoms with E-state index in [0.29, 0.717) is 0 Å². The van der Waals surface area contributed by atoms with Crippen LogP contribution in [0, 0.1) is 0 Å². The van der Waals surface area contributed by atoms with E-state index in [1.807, 2.05) is 6.26 Å². The molecule has 1 atom stereocenters. The highest BCUT2D eigenvalue weighted by molar-refractivity contribution is 5.13. The third-order valence-electron chi connectivity index (χ3n) is 5.15. The number of nitrogens with one attached hydrogen (secondary N) is 1. The van der Waals surface area contributed by atoms with E-state index in [1.165, 1.54) is 63.8 Å². The average molecular weight is 289 g/mol. The highest BCUT2D eigenvalue weighted by atomic mass is 16.3. The molecule has 1 aromatic rings. The van der Waals surface area contributed by atoms with Crippen molar-refractivity contribution in [1.29, 1.82) is 0 Å². The smallest absolute Gasteiger partial charge is 0.118 e. The fraction of sp³-hybridized carbons (Fsp3) is 0.765. The van der Waals surface area contributed by atoms with Gasteiger partial charge in [0.2, 0.25) is 0 Å². The molecule has 1 aromatic heterocycles. The second kappa shape index (κ2) is 6.11. The number of rotatable bonds is 5. The van der Waals surface area contributed by atoms with Gasteiger partial charge in [-0.25, -0.2) is 0 Å². The molecular weight excluding hydrogens is 262 g/mol. The lowest BCUT2D eigenvalue weighted by Crippen LogP contribution is -2.36. The number of hydrogen-bond donors (Lipinski definition) is 1. The Hall–Kier alpha value is -0.840. The highest BCUT2D eigenvalue weighted by Gasteiger charge is 2.28. The van der Waals surface area contributed by atoms with E-state index in [9.17, 15) is 0 Å². The molecule has 1 aliphatic carbocycles. The first-order valence-electron chi connectivity index (χ1n) is 8.63. The first-order valence-corrected chi connectivity index (χ1v) is 8.63. The van der Waals surface area contributed by atoms with Gasteiger partial charge in [-0.05, 0) is 57.8 Å². The zero-order valence-electron chi connectivity index (χ0n) is 12.9. The van der Waals surface area contributed by atoms with Crippen LogP contribution < -0.4 is 5.32 Å². The summed E-state index contributed by atoms with van der Waals surface area (Å²) in [6.07, 6.45) is 8.69. The van der Waals surface area contributed by atoms with E-state index >= 15 is 0 Å². The van der Waals surface area contributed by atoms with Crippen molar-refractivity contribution in [3.63, 3.8) is 0 Å². The summed E-state index contributed by atoms with van der Waals surface area (Å²) < 4.78 is 5.78. The number of hydrogen-bond acceptors (Lipinski definition) is 4. The largest absolute Gasteiger partial charge is 0.468 e. The third kappa shape index (κ3) is 3.50. The first kappa shape index (κ1) is 13.8. The van der Waals surface area contributed by atoms with Crippen LogP contribution in [0.2, 0.25) is 0 Å². The maximum Gasteiger partial charge on any atom is 0.118 e. The van der Waals surface area contributed by atoms with Crippen molar-refractivity contribution < 1.29 is 4.42 Å². The van der Waals surface area contributed by atoms with Gasteiger partial charge in [-0.3, -0.25) is 9.80 Å². The summed E-state index contributed by atoms with van der Waals surface area (Å²) in [5, 5.41) is 3.55. The van der Waals surface area contributed by atoms with Crippen molar-refractivity contribution in [2.24, 2.45) is 0 Å². The molecule has 4 nitrogen and oxygen atoms in total. The molecular formula is C17H27N3O. The Morgan fingerprint density at radius 1 is 1.14 bits per heavy atom. The fourth-order valence-corrected chi connectivity index (χ4v) is 3.80. The SMILES string of the molecule is c1oc(CN2CCCN3CCCC3C2)cc1CNC1CC1. The van der Waals surface area contributed by atoms with Crippen LogP contribution in [0.3, 0.4) is 0 Å². The molecule has 3 heterocycles. The zero-order valence-corrected chi connectivity index (χ0v) is 12.9. The summed E-state index contributed by atoms with van der Waals surface area (Å²) in [4.78, 5) is 5.28. The van der Waals surface area contributed by atoms with Crippen LogP contribution in [0.4, 0.5) is 0 Å². The molecule has 2 saturated heterocycles. The lowest BCUT2D eigenvalue weighted by molar-refractivity contribution is 0.205. The summed E-state index contributed by atoms with van der Waals surface area (Å²) in [6.45, 7) is 6.98. The average Bonchev–Trinajstić information content (AvgIpc) is 3.11. The van der Waals surface area contributed by atoms with Crippen LogP contribution in [-0.2, 0) is 13.1 Å². The first-order chi connectivity index (χ1) is 10.4. The monoisotopic (exact) mass is 289 g/mol. The van der Waals surface area contributed by atoms with Gasteiger partial charge in [-0.2, -0.15) is 0 Å². The normalized spacial score (nSPS) is 27.7. The number of furan rings is 1. The second-order valence-corrected chi connectivity index (χ2v) is 7.00. The van der Waals surface area contributed by atoms with E-state index in [0.717, 1.165) is 30.9 Å². The minimum absolute atomic E-state index is 0.766. The standard InChI is InChI=1S/C17H27N3O/c1-3-16-11-19(6-2-8-20(16)7-1)12-17-9-14(13-21-17)10-18-15-4-5-15/h9,13,15-16,18H,1-8,10-12H2. The lowest BCUT2D eigenvalue weighted by atomic mass is 10.2. The van der Waals surface area contributed by atoms with Crippen LogP contribution >= 0.6 is 0 Å². The molecule has 4 rings (SSSR count). The van der Waals surface area contributed by atoms with Crippen molar-refractivity contribution >= 4 is 0 Å². The molecule has 0 aromatic carbocycles. The minimum atomic E-state index is 0.766. The van der Waals surface area contributed by atoms with E-state index in [-0.39, 0.29) is 0 Å². The molecule has 3 fully saturated rings. The summed E-state index contributed by atoms with van der Waals surface area (Å²) >= 11 is 0. The summed E-state index contributed by atoms with van der Waals surface area (Å²) in [6, 6.07) is 3.80. The van der Waals surface area contributed by atoms with Crippen LogP contribution in [0.1, 0.15) is 43.4 Å². The zero-order chi connectivity index (χ0) is 14.1.